The number of rotatable bonds is 4. The van der Waals surface area contributed by atoms with E-state index in [0.717, 1.165) is 48.0 Å². The van der Waals surface area contributed by atoms with Gasteiger partial charge in [-0.15, -0.1) is 0 Å². The van der Waals surface area contributed by atoms with Crippen LogP contribution in [0.1, 0.15) is 24.5 Å². The lowest BCUT2D eigenvalue weighted by Crippen LogP contribution is -2.33. The van der Waals surface area contributed by atoms with Crippen LogP contribution >= 0.6 is 15.9 Å². The molecule has 1 saturated heterocycles. The normalized spacial score (nSPS) is 23.9. The van der Waals surface area contributed by atoms with Gasteiger partial charge >= 0.3 is 0 Å². The minimum atomic E-state index is 0.102. The Balaban J connectivity index is 1.79. The Bertz CT molecular complexity index is 414. The highest BCUT2D eigenvalue weighted by molar-refractivity contribution is 9.10. The van der Waals surface area contributed by atoms with Crippen molar-refractivity contribution in [2.45, 2.75) is 18.9 Å². The van der Waals surface area contributed by atoms with Gasteiger partial charge in [-0.25, -0.2) is 0 Å². The maximum atomic E-state index is 5.99. The van der Waals surface area contributed by atoms with Crippen LogP contribution in [-0.2, 0) is 4.74 Å². The summed E-state index contributed by atoms with van der Waals surface area (Å²) in [6, 6.07) is 6.17. The fourth-order valence-corrected chi connectivity index (χ4v) is 2.68. The summed E-state index contributed by atoms with van der Waals surface area (Å²) in [7, 11) is 0. The Morgan fingerprint density at radius 2 is 2.28 bits per heavy atom. The second kappa shape index (κ2) is 5.59. The molecule has 4 heteroatoms. The number of para-hydroxylation sites is 1. The maximum Gasteiger partial charge on any atom is 0.139 e. The predicted octanol–water partition coefficient (Wildman–Crippen LogP) is 2.90. The molecular weight excluding hydrogens is 294 g/mol. The van der Waals surface area contributed by atoms with Gasteiger partial charge in [0, 0.05) is 18.7 Å². The summed E-state index contributed by atoms with van der Waals surface area (Å²) in [5.74, 6) is 1.72. The Labute approximate surface area is 116 Å². The monoisotopic (exact) mass is 311 g/mol. The van der Waals surface area contributed by atoms with E-state index in [-0.39, 0.29) is 6.10 Å². The number of morpholine rings is 1. The Kier molecular flexibility index (Phi) is 3.87. The zero-order valence-corrected chi connectivity index (χ0v) is 11.9. The SMILES string of the molecule is Brc1cccc(C2CNCCO2)c1OCC1CC1. The van der Waals surface area contributed by atoms with Crippen molar-refractivity contribution in [1.82, 2.24) is 5.32 Å². The van der Waals surface area contributed by atoms with E-state index in [4.69, 9.17) is 9.47 Å². The Morgan fingerprint density at radius 3 is 3.00 bits per heavy atom. The average Bonchev–Trinajstić information content (AvgIpc) is 3.22. The van der Waals surface area contributed by atoms with Crippen molar-refractivity contribution in [1.29, 1.82) is 0 Å². The van der Waals surface area contributed by atoms with Crippen molar-refractivity contribution in [3.05, 3.63) is 28.2 Å². The van der Waals surface area contributed by atoms with Crippen molar-refractivity contribution < 1.29 is 9.47 Å². The van der Waals surface area contributed by atoms with Crippen LogP contribution in [0, 0.1) is 5.92 Å². The molecule has 0 aromatic heterocycles. The first-order valence-corrected chi connectivity index (χ1v) is 7.37. The lowest BCUT2D eigenvalue weighted by atomic mass is 10.1. The standard InChI is InChI=1S/C14H18BrNO2/c15-12-3-1-2-11(13-8-16-6-7-17-13)14(12)18-9-10-4-5-10/h1-3,10,13,16H,4-9H2. The van der Waals surface area contributed by atoms with E-state index in [2.05, 4.69) is 27.3 Å². The average molecular weight is 312 g/mol. The molecule has 2 fully saturated rings. The summed E-state index contributed by atoms with van der Waals surface area (Å²) >= 11 is 3.58. The summed E-state index contributed by atoms with van der Waals surface area (Å²) in [5.41, 5.74) is 1.15. The lowest BCUT2D eigenvalue weighted by molar-refractivity contribution is 0.0257. The minimum absolute atomic E-state index is 0.102. The summed E-state index contributed by atoms with van der Waals surface area (Å²) in [4.78, 5) is 0. The topological polar surface area (TPSA) is 30.5 Å². The van der Waals surface area contributed by atoms with Crippen LogP contribution in [0.5, 0.6) is 5.75 Å². The molecule has 98 valence electrons. The summed E-state index contributed by atoms with van der Waals surface area (Å²) in [5, 5.41) is 3.36. The van der Waals surface area contributed by atoms with Gasteiger partial charge in [0.2, 0.25) is 0 Å². The third-order valence-electron chi connectivity index (χ3n) is 3.43. The number of hydrogen-bond acceptors (Lipinski definition) is 3. The maximum absolute atomic E-state index is 5.99. The van der Waals surface area contributed by atoms with Crippen LogP contribution < -0.4 is 10.1 Å². The van der Waals surface area contributed by atoms with Crippen LogP contribution in [0.2, 0.25) is 0 Å². The summed E-state index contributed by atoms with van der Waals surface area (Å²) in [6.07, 6.45) is 2.72. The van der Waals surface area contributed by atoms with Gasteiger partial charge in [-0.2, -0.15) is 0 Å². The van der Waals surface area contributed by atoms with Crippen LogP contribution in [0.3, 0.4) is 0 Å². The number of benzene rings is 1. The fraction of sp³-hybridized carbons (Fsp3) is 0.571. The molecule has 2 aliphatic rings. The highest BCUT2D eigenvalue weighted by Gasteiger charge is 2.25. The van der Waals surface area contributed by atoms with E-state index in [1.165, 1.54) is 12.8 Å². The third-order valence-corrected chi connectivity index (χ3v) is 4.06. The third kappa shape index (κ3) is 2.87. The number of hydrogen-bond donors (Lipinski definition) is 1. The molecule has 18 heavy (non-hydrogen) atoms. The molecule has 1 heterocycles. The number of halogens is 1. The van der Waals surface area contributed by atoms with Crippen molar-refractivity contribution in [2.75, 3.05) is 26.3 Å². The van der Waals surface area contributed by atoms with E-state index in [0.29, 0.717) is 0 Å². The van der Waals surface area contributed by atoms with Gasteiger partial charge in [0.1, 0.15) is 5.75 Å². The highest BCUT2D eigenvalue weighted by Crippen LogP contribution is 2.37. The first-order valence-electron chi connectivity index (χ1n) is 6.58. The van der Waals surface area contributed by atoms with E-state index >= 15 is 0 Å². The Hall–Kier alpha value is -0.580. The van der Waals surface area contributed by atoms with Gasteiger partial charge < -0.3 is 14.8 Å². The minimum Gasteiger partial charge on any atom is -0.492 e. The van der Waals surface area contributed by atoms with Crippen molar-refractivity contribution >= 4 is 15.9 Å². The molecule has 1 aliphatic carbocycles. The van der Waals surface area contributed by atoms with Crippen molar-refractivity contribution in [3.63, 3.8) is 0 Å². The highest BCUT2D eigenvalue weighted by atomic mass is 79.9. The van der Waals surface area contributed by atoms with Gasteiger partial charge in [-0.1, -0.05) is 12.1 Å². The molecule has 0 radical (unpaired) electrons. The molecule has 1 N–H and O–H groups in total. The zero-order chi connectivity index (χ0) is 12.4. The Morgan fingerprint density at radius 1 is 1.39 bits per heavy atom. The molecule has 1 aliphatic heterocycles. The quantitative estimate of drug-likeness (QED) is 0.927. The van der Waals surface area contributed by atoms with E-state index in [1.54, 1.807) is 0 Å². The molecule has 0 amide bonds. The van der Waals surface area contributed by atoms with Crippen molar-refractivity contribution in [3.8, 4) is 5.75 Å². The van der Waals surface area contributed by atoms with E-state index < -0.39 is 0 Å². The second-order valence-corrected chi connectivity index (χ2v) is 5.83. The van der Waals surface area contributed by atoms with Gasteiger partial charge in [0.05, 0.1) is 23.8 Å². The molecule has 1 saturated carbocycles. The number of nitrogens with one attached hydrogen (secondary N) is 1. The lowest BCUT2D eigenvalue weighted by Gasteiger charge is -2.26. The first-order chi connectivity index (χ1) is 8.84. The molecule has 0 spiro atoms. The van der Waals surface area contributed by atoms with Crippen molar-refractivity contribution in [2.24, 2.45) is 5.92 Å². The molecule has 3 nitrogen and oxygen atoms in total. The molecule has 1 atom stereocenters. The van der Waals surface area contributed by atoms with Gasteiger partial charge in [0.15, 0.2) is 0 Å². The van der Waals surface area contributed by atoms with Gasteiger partial charge in [0.25, 0.3) is 0 Å². The second-order valence-electron chi connectivity index (χ2n) is 4.98. The largest absolute Gasteiger partial charge is 0.492 e. The van der Waals surface area contributed by atoms with Crippen LogP contribution in [0.4, 0.5) is 0 Å². The van der Waals surface area contributed by atoms with Gasteiger partial charge in [-0.05, 0) is 40.8 Å². The van der Waals surface area contributed by atoms with Gasteiger partial charge in [-0.3, -0.25) is 0 Å². The molecule has 1 unspecified atom stereocenters. The van der Waals surface area contributed by atoms with Crippen LogP contribution in [0.15, 0.2) is 22.7 Å². The predicted molar refractivity (Wildman–Crippen MR) is 73.9 cm³/mol. The van der Waals surface area contributed by atoms with Crippen LogP contribution in [0.25, 0.3) is 0 Å². The van der Waals surface area contributed by atoms with E-state index in [1.807, 2.05) is 12.1 Å². The molecular formula is C14H18BrNO2. The number of ether oxygens (including phenoxy) is 2. The summed E-state index contributed by atoms with van der Waals surface area (Å²) < 4.78 is 12.8. The molecule has 3 rings (SSSR count). The fourth-order valence-electron chi connectivity index (χ4n) is 2.18. The van der Waals surface area contributed by atoms with E-state index in [9.17, 15) is 0 Å². The molecule has 1 aromatic carbocycles. The zero-order valence-electron chi connectivity index (χ0n) is 10.3. The summed E-state index contributed by atoms with van der Waals surface area (Å²) in [6.45, 7) is 3.38. The first kappa shape index (κ1) is 12.5. The molecule has 0 bridgehead atoms. The van der Waals surface area contributed by atoms with Crippen LogP contribution in [-0.4, -0.2) is 26.3 Å². The molecule has 1 aromatic rings. The smallest absolute Gasteiger partial charge is 0.139 e.